The molecule has 2 rings (SSSR count). The highest BCUT2D eigenvalue weighted by Crippen LogP contribution is 2.17. The van der Waals surface area contributed by atoms with Gasteiger partial charge in [-0.25, -0.2) is 0 Å². The Balaban J connectivity index is 1.76. The molecule has 2 aromatic carbocycles. The summed E-state index contributed by atoms with van der Waals surface area (Å²) in [7, 11) is 0. The quantitative estimate of drug-likeness (QED) is 0.709. The average Bonchev–Trinajstić information content (AvgIpc) is 2.56. The molecule has 122 valence electrons. The molecular weight excluding hydrogens is 370 g/mol. The minimum absolute atomic E-state index is 0.0432. The molecule has 2 aromatic rings. The Bertz CT molecular complexity index is 625. The number of hydrogen-bond donors (Lipinski definition) is 1. The minimum Gasteiger partial charge on any atom is -0.349 e. The molecule has 0 aliphatic heterocycles. The third-order valence-corrected chi connectivity index (χ3v) is 5.21. The van der Waals surface area contributed by atoms with Crippen molar-refractivity contribution in [3.05, 3.63) is 69.7 Å². The van der Waals surface area contributed by atoms with E-state index in [4.69, 9.17) is 0 Å². The second-order valence-electron chi connectivity index (χ2n) is 5.50. The van der Waals surface area contributed by atoms with Crippen molar-refractivity contribution in [1.29, 1.82) is 0 Å². The van der Waals surface area contributed by atoms with Gasteiger partial charge < -0.3 is 5.32 Å². The van der Waals surface area contributed by atoms with Crippen molar-refractivity contribution >= 4 is 33.6 Å². The standard InChI is InChI=1S/C19H22BrNOS/c1-3-15-4-8-17(9-5-15)14(2)21-19(22)13-23-12-16-6-10-18(20)11-7-16/h4-11,14H,3,12-13H2,1-2H3,(H,21,22)/t14-/m1/s1. The van der Waals surface area contributed by atoms with Gasteiger partial charge in [0, 0.05) is 10.2 Å². The Hall–Kier alpha value is -1.26. The number of halogens is 1. The average molecular weight is 392 g/mol. The highest BCUT2D eigenvalue weighted by Gasteiger charge is 2.09. The smallest absolute Gasteiger partial charge is 0.230 e. The Morgan fingerprint density at radius 2 is 1.70 bits per heavy atom. The predicted octanol–water partition coefficient (Wildman–Crippen LogP) is 5.12. The van der Waals surface area contributed by atoms with E-state index in [1.165, 1.54) is 11.1 Å². The molecule has 0 aromatic heterocycles. The maximum Gasteiger partial charge on any atom is 0.230 e. The number of thioether (sulfide) groups is 1. The van der Waals surface area contributed by atoms with Gasteiger partial charge in [0.25, 0.3) is 0 Å². The number of aryl methyl sites for hydroxylation is 1. The van der Waals surface area contributed by atoms with E-state index < -0.39 is 0 Å². The first kappa shape index (κ1) is 18.1. The summed E-state index contributed by atoms with van der Waals surface area (Å²) >= 11 is 5.06. The van der Waals surface area contributed by atoms with Crippen LogP contribution in [0.2, 0.25) is 0 Å². The van der Waals surface area contributed by atoms with Crippen molar-refractivity contribution in [2.75, 3.05) is 5.75 Å². The van der Waals surface area contributed by atoms with Crippen LogP contribution in [0.15, 0.2) is 53.0 Å². The van der Waals surface area contributed by atoms with E-state index in [1.54, 1.807) is 11.8 Å². The van der Waals surface area contributed by atoms with E-state index in [9.17, 15) is 4.79 Å². The lowest BCUT2D eigenvalue weighted by atomic mass is 10.1. The molecule has 0 aliphatic carbocycles. The molecule has 1 N–H and O–H groups in total. The summed E-state index contributed by atoms with van der Waals surface area (Å²) in [5.74, 6) is 1.41. The zero-order chi connectivity index (χ0) is 16.7. The summed E-state index contributed by atoms with van der Waals surface area (Å²) in [4.78, 5) is 12.1. The van der Waals surface area contributed by atoms with Crippen LogP contribution in [0.25, 0.3) is 0 Å². The monoisotopic (exact) mass is 391 g/mol. The summed E-state index contributed by atoms with van der Waals surface area (Å²) in [6.45, 7) is 4.17. The van der Waals surface area contributed by atoms with E-state index in [1.807, 2.05) is 19.1 Å². The Kier molecular flexibility index (Phi) is 7.18. The van der Waals surface area contributed by atoms with Gasteiger partial charge in [-0.1, -0.05) is 59.3 Å². The normalized spacial score (nSPS) is 12.0. The lowest BCUT2D eigenvalue weighted by Crippen LogP contribution is -2.28. The van der Waals surface area contributed by atoms with Gasteiger partial charge in [-0.15, -0.1) is 11.8 Å². The zero-order valence-electron chi connectivity index (χ0n) is 13.5. The van der Waals surface area contributed by atoms with Gasteiger partial charge in [-0.3, -0.25) is 4.79 Å². The topological polar surface area (TPSA) is 29.1 Å². The first-order chi connectivity index (χ1) is 11.1. The molecule has 1 amide bonds. The molecular formula is C19H22BrNOS. The second kappa shape index (κ2) is 9.14. The second-order valence-corrected chi connectivity index (χ2v) is 7.40. The summed E-state index contributed by atoms with van der Waals surface area (Å²) in [6.07, 6.45) is 1.04. The van der Waals surface area contributed by atoms with Crippen LogP contribution in [0.4, 0.5) is 0 Å². The first-order valence-electron chi connectivity index (χ1n) is 7.79. The fraction of sp³-hybridized carbons (Fsp3) is 0.316. The van der Waals surface area contributed by atoms with Crippen molar-refractivity contribution in [3.8, 4) is 0 Å². The van der Waals surface area contributed by atoms with E-state index in [-0.39, 0.29) is 11.9 Å². The van der Waals surface area contributed by atoms with Gasteiger partial charge in [-0.2, -0.15) is 0 Å². The number of hydrogen-bond acceptors (Lipinski definition) is 2. The summed E-state index contributed by atoms with van der Waals surface area (Å²) in [6, 6.07) is 16.7. The molecule has 0 aliphatic rings. The summed E-state index contributed by atoms with van der Waals surface area (Å²) in [5.41, 5.74) is 3.69. The summed E-state index contributed by atoms with van der Waals surface area (Å²) in [5, 5.41) is 3.06. The molecule has 4 heteroatoms. The van der Waals surface area contributed by atoms with Crippen molar-refractivity contribution in [2.45, 2.75) is 32.1 Å². The molecule has 0 fully saturated rings. The highest BCUT2D eigenvalue weighted by molar-refractivity contribution is 9.10. The number of amides is 1. The van der Waals surface area contributed by atoms with Crippen LogP contribution in [-0.2, 0) is 17.0 Å². The number of benzene rings is 2. The van der Waals surface area contributed by atoms with Crippen molar-refractivity contribution in [3.63, 3.8) is 0 Å². The molecule has 0 bridgehead atoms. The molecule has 0 unspecified atom stereocenters. The lowest BCUT2D eigenvalue weighted by molar-refractivity contribution is -0.119. The molecule has 0 saturated carbocycles. The van der Waals surface area contributed by atoms with Crippen molar-refractivity contribution in [1.82, 2.24) is 5.32 Å². The Morgan fingerprint density at radius 1 is 1.09 bits per heavy atom. The van der Waals surface area contributed by atoms with Crippen LogP contribution in [-0.4, -0.2) is 11.7 Å². The van der Waals surface area contributed by atoms with Gasteiger partial charge in [0.1, 0.15) is 0 Å². The van der Waals surface area contributed by atoms with Crippen molar-refractivity contribution < 1.29 is 4.79 Å². The molecule has 23 heavy (non-hydrogen) atoms. The maximum absolute atomic E-state index is 12.1. The van der Waals surface area contributed by atoms with Gasteiger partial charge in [0.2, 0.25) is 5.91 Å². The predicted molar refractivity (Wildman–Crippen MR) is 103 cm³/mol. The molecule has 0 spiro atoms. The van der Waals surface area contributed by atoms with E-state index in [2.05, 4.69) is 64.6 Å². The molecule has 2 nitrogen and oxygen atoms in total. The molecule has 1 atom stereocenters. The number of carbonyl (C=O) groups excluding carboxylic acids is 1. The van der Waals surface area contributed by atoms with Gasteiger partial charge in [-0.05, 0) is 42.2 Å². The molecule has 0 saturated heterocycles. The minimum atomic E-state index is 0.0432. The Labute approximate surface area is 151 Å². The van der Waals surface area contributed by atoms with Crippen LogP contribution in [0.5, 0.6) is 0 Å². The van der Waals surface area contributed by atoms with Crippen LogP contribution in [0.3, 0.4) is 0 Å². The van der Waals surface area contributed by atoms with Crippen molar-refractivity contribution in [2.24, 2.45) is 0 Å². The maximum atomic E-state index is 12.1. The number of rotatable bonds is 7. The van der Waals surface area contributed by atoms with Gasteiger partial charge in [0.05, 0.1) is 11.8 Å². The summed E-state index contributed by atoms with van der Waals surface area (Å²) < 4.78 is 1.08. The van der Waals surface area contributed by atoms with Crippen LogP contribution in [0, 0.1) is 0 Å². The van der Waals surface area contributed by atoms with E-state index in [0.29, 0.717) is 5.75 Å². The lowest BCUT2D eigenvalue weighted by Gasteiger charge is -2.14. The Morgan fingerprint density at radius 3 is 2.30 bits per heavy atom. The fourth-order valence-corrected chi connectivity index (χ4v) is 3.31. The van der Waals surface area contributed by atoms with Gasteiger partial charge >= 0.3 is 0 Å². The van der Waals surface area contributed by atoms with E-state index >= 15 is 0 Å². The fourth-order valence-electron chi connectivity index (χ4n) is 2.25. The highest BCUT2D eigenvalue weighted by atomic mass is 79.9. The van der Waals surface area contributed by atoms with Crippen LogP contribution >= 0.6 is 27.7 Å². The van der Waals surface area contributed by atoms with Crippen LogP contribution < -0.4 is 5.32 Å². The van der Waals surface area contributed by atoms with Gasteiger partial charge in [0.15, 0.2) is 0 Å². The molecule has 0 radical (unpaired) electrons. The number of nitrogens with one attached hydrogen (secondary N) is 1. The largest absolute Gasteiger partial charge is 0.349 e. The third kappa shape index (κ3) is 6.04. The first-order valence-corrected chi connectivity index (χ1v) is 9.73. The zero-order valence-corrected chi connectivity index (χ0v) is 15.9. The van der Waals surface area contributed by atoms with Crippen LogP contribution in [0.1, 0.15) is 36.6 Å². The number of carbonyl (C=O) groups is 1. The SMILES string of the molecule is CCc1ccc([C@@H](C)NC(=O)CSCc2ccc(Br)cc2)cc1. The molecule has 0 heterocycles. The van der Waals surface area contributed by atoms with E-state index in [0.717, 1.165) is 22.2 Å². The third-order valence-electron chi connectivity index (χ3n) is 3.68.